The van der Waals surface area contributed by atoms with Crippen molar-refractivity contribution in [2.75, 3.05) is 13.2 Å². The fraction of sp³-hybridized carbons (Fsp3) is 0.353. The summed E-state index contributed by atoms with van der Waals surface area (Å²) in [6.07, 6.45) is -12.3. The average molecular weight is 667 g/mol. The van der Waals surface area contributed by atoms with E-state index in [0.717, 1.165) is 21.5 Å². The summed E-state index contributed by atoms with van der Waals surface area (Å²) in [6, 6.07) is 24.5. The summed E-state index contributed by atoms with van der Waals surface area (Å²) < 4.78 is 22.5. The molecule has 13 heteroatoms. The summed E-state index contributed by atoms with van der Waals surface area (Å²) >= 11 is 0.686. The highest BCUT2D eigenvalue weighted by Gasteiger charge is 2.52. The number of rotatable bonds is 8. The lowest BCUT2D eigenvalue weighted by molar-refractivity contribution is -0.215. The van der Waals surface area contributed by atoms with Gasteiger partial charge in [-0.2, -0.15) is 0 Å². The summed E-state index contributed by atoms with van der Waals surface area (Å²) in [7, 11) is 0. The number of aliphatic hydroxyl groups is 6. The Hall–Kier alpha value is -3.63. The van der Waals surface area contributed by atoms with Crippen molar-refractivity contribution in [1.82, 2.24) is 0 Å². The second-order valence-corrected chi connectivity index (χ2v) is 12.6. The molecule has 0 aromatic heterocycles. The molecule has 0 spiro atoms. The topological polar surface area (TPSA) is 192 Å². The first-order chi connectivity index (χ1) is 22.7. The van der Waals surface area contributed by atoms with Crippen molar-refractivity contribution in [3.05, 3.63) is 96.1 Å². The number of carbonyl (C=O) groups excluding carboxylic acids is 2. The number of ether oxygens (including phenoxy) is 4. The molecule has 4 aromatic carbocycles. The molecule has 0 aliphatic carbocycles. The Kier molecular flexibility index (Phi) is 10.1. The lowest BCUT2D eigenvalue weighted by Gasteiger charge is -2.45. The van der Waals surface area contributed by atoms with Crippen molar-refractivity contribution in [3.63, 3.8) is 0 Å². The monoisotopic (exact) mass is 666 g/mol. The van der Waals surface area contributed by atoms with Crippen molar-refractivity contribution < 1.29 is 59.2 Å². The number of hydrogen-bond acceptors (Lipinski definition) is 13. The molecule has 6 N–H and O–H groups in total. The maximum absolute atomic E-state index is 13.1. The van der Waals surface area contributed by atoms with Crippen molar-refractivity contribution in [2.45, 2.75) is 59.7 Å². The average Bonchev–Trinajstić information content (AvgIpc) is 3.10. The summed E-state index contributed by atoms with van der Waals surface area (Å²) in [6.45, 7) is -1.40. The standard InChI is InChI=1S/C34H34O12S/c35-15-23-25(37)29(45-31(41)21-11-9-17-5-1-3-7-19(17)13-21)27(39)33(43-23)47-34-28(40)30(26(38)24(16-36)44-34)46-32(42)22-12-10-18-6-2-4-8-20(18)14-22/h1-14,23-30,33-40H,15-16H2/t23?,24?,25-,26-,27-,28+,29?,30?,33-,34-/m0/s1. The second kappa shape index (κ2) is 14.2. The molecule has 0 bridgehead atoms. The van der Waals surface area contributed by atoms with Crippen LogP contribution in [0.5, 0.6) is 0 Å². The molecular weight excluding hydrogens is 632 g/mol. The number of thioether (sulfide) groups is 1. The van der Waals surface area contributed by atoms with Gasteiger partial charge in [0.15, 0.2) is 12.2 Å². The number of fused-ring (bicyclic) bond motifs is 2. The van der Waals surface area contributed by atoms with Crippen LogP contribution in [0.3, 0.4) is 0 Å². The van der Waals surface area contributed by atoms with E-state index in [2.05, 4.69) is 0 Å². The summed E-state index contributed by atoms with van der Waals surface area (Å²) in [5.41, 5.74) is -2.37. The van der Waals surface area contributed by atoms with Crippen LogP contribution < -0.4 is 0 Å². The molecule has 4 unspecified atom stereocenters. The molecule has 0 amide bonds. The van der Waals surface area contributed by atoms with Crippen molar-refractivity contribution in [1.29, 1.82) is 0 Å². The van der Waals surface area contributed by atoms with Gasteiger partial charge in [-0.15, -0.1) is 0 Å². The van der Waals surface area contributed by atoms with E-state index in [4.69, 9.17) is 18.9 Å². The van der Waals surface area contributed by atoms with E-state index < -0.39 is 84.9 Å². The van der Waals surface area contributed by atoms with Gasteiger partial charge in [-0.1, -0.05) is 72.4 Å². The van der Waals surface area contributed by atoms with Crippen LogP contribution in [-0.4, -0.2) is 115 Å². The predicted molar refractivity (Wildman–Crippen MR) is 169 cm³/mol. The molecule has 6 rings (SSSR count). The minimum Gasteiger partial charge on any atom is -0.453 e. The van der Waals surface area contributed by atoms with Gasteiger partial charge in [0.1, 0.15) is 47.5 Å². The van der Waals surface area contributed by atoms with Crippen LogP contribution in [0.1, 0.15) is 20.7 Å². The number of hydrogen-bond donors (Lipinski definition) is 6. The van der Waals surface area contributed by atoms with Gasteiger partial charge in [-0.3, -0.25) is 0 Å². The fourth-order valence-corrected chi connectivity index (χ4v) is 7.07. The molecule has 4 aromatic rings. The molecule has 2 fully saturated rings. The number of benzene rings is 4. The maximum Gasteiger partial charge on any atom is 0.338 e. The van der Waals surface area contributed by atoms with E-state index >= 15 is 0 Å². The van der Waals surface area contributed by atoms with E-state index in [1.807, 2.05) is 48.5 Å². The van der Waals surface area contributed by atoms with Gasteiger partial charge in [0.2, 0.25) is 0 Å². The largest absolute Gasteiger partial charge is 0.453 e. The number of carbonyl (C=O) groups is 2. The highest BCUT2D eigenvalue weighted by atomic mass is 32.2. The molecular formula is C34H34O12S. The normalized spacial score (nSPS) is 31.0. The first-order valence-electron chi connectivity index (χ1n) is 15.0. The molecule has 0 saturated carbocycles. The molecule has 12 nitrogen and oxygen atoms in total. The Balaban J connectivity index is 1.18. The van der Waals surface area contributed by atoms with Crippen LogP contribution in [0.2, 0.25) is 0 Å². The quantitative estimate of drug-likeness (QED) is 0.148. The Bertz CT molecular complexity index is 1610. The van der Waals surface area contributed by atoms with Crippen LogP contribution in [0, 0.1) is 0 Å². The zero-order valence-electron chi connectivity index (χ0n) is 24.8. The van der Waals surface area contributed by atoms with Gasteiger partial charge in [0.05, 0.1) is 24.3 Å². The van der Waals surface area contributed by atoms with Crippen LogP contribution in [-0.2, 0) is 18.9 Å². The molecule has 2 saturated heterocycles. The van der Waals surface area contributed by atoms with E-state index in [1.54, 1.807) is 36.4 Å². The molecule has 10 atom stereocenters. The maximum atomic E-state index is 13.1. The van der Waals surface area contributed by atoms with Gasteiger partial charge in [-0.25, -0.2) is 9.59 Å². The van der Waals surface area contributed by atoms with Crippen molar-refractivity contribution >= 4 is 45.2 Å². The Morgan fingerprint density at radius 1 is 0.574 bits per heavy atom. The van der Waals surface area contributed by atoms with Gasteiger partial charge in [-0.05, 0) is 45.8 Å². The minimum absolute atomic E-state index is 0.168. The van der Waals surface area contributed by atoms with E-state index in [1.165, 1.54) is 0 Å². The van der Waals surface area contributed by atoms with Gasteiger partial charge in [0, 0.05) is 0 Å². The molecule has 2 heterocycles. The lowest BCUT2D eigenvalue weighted by atomic mass is 9.99. The van der Waals surface area contributed by atoms with Crippen molar-refractivity contribution in [2.24, 2.45) is 0 Å². The molecule has 2 aliphatic heterocycles. The van der Waals surface area contributed by atoms with E-state index in [9.17, 15) is 40.2 Å². The van der Waals surface area contributed by atoms with Crippen LogP contribution in [0.15, 0.2) is 84.9 Å². The smallest absolute Gasteiger partial charge is 0.338 e. The highest BCUT2D eigenvalue weighted by molar-refractivity contribution is 8.00. The molecule has 0 radical (unpaired) electrons. The number of aliphatic hydroxyl groups excluding tert-OH is 6. The Morgan fingerprint density at radius 3 is 1.34 bits per heavy atom. The molecule has 2 aliphatic rings. The molecule has 47 heavy (non-hydrogen) atoms. The number of esters is 2. The van der Waals surface area contributed by atoms with Crippen LogP contribution in [0.4, 0.5) is 0 Å². The Morgan fingerprint density at radius 2 is 0.957 bits per heavy atom. The van der Waals surface area contributed by atoms with Crippen LogP contribution in [0.25, 0.3) is 21.5 Å². The second-order valence-electron chi connectivity index (χ2n) is 11.4. The van der Waals surface area contributed by atoms with Gasteiger partial charge >= 0.3 is 11.9 Å². The minimum atomic E-state index is -1.68. The summed E-state index contributed by atoms with van der Waals surface area (Å²) in [5, 5.41) is 67.3. The molecule has 248 valence electrons. The highest BCUT2D eigenvalue weighted by Crippen LogP contribution is 2.38. The summed E-state index contributed by atoms with van der Waals surface area (Å²) in [5.74, 6) is -1.67. The first-order valence-corrected chi connectivity index (χ1v) is 15.9. The van der Waals surface area contributed by atoms with Crippen LogP contribution >= 0.6 is 11.8 Å². The fourth-order valence-electron chi connectivity index (χ4n) is 5.76. The lowest BCUT2D eigenvalue weighted by Crippen LogP contribution is -2.62. The predicted octanol–water partition coefficient (Wildman–Crippen LogP) is 1.36. The zero-order chi connectivity index (χ0) is 33.2. The third-order valence-corrected chi connectivity index (χ3v) is 9.68. The van der Waals surface area contributed by atoms with E-state index in [-0.39, 0.29) is 11.1 Å². The van der Waals surface area contributed by atoms with Gasteiger partial charge in [0.25, 0.3) is 0 Å². The van der Waals surface area contributed by atoms with Crippen molar-refractivity contribution in [3.8, 4) is 0 Å². The Labute approximate surface area is 273 Å². The third kappa shape index (κ3) is 6.85. The van der Waals surface area contributed by atoms with E-state index in [0.29, 0.717) is 11.8 Å². The first kappa shape index (κ1) is 33.3. The summed E-state index contributed by atoms with van der Waals surface area (Å²) in [4.78, 5) is 26.2. The van der Waals surface area contributed by atoms with Gasteiger partial charge < -0.3 is 49.6 Å². The SMILES string of the molecule is O=C(OC1[C@@H](O)C(CO)O[C@@H](S[C@@H]2OC(CO)[C@H](O)C(OC(=O)c3ccc4ccccc4c3)[C@@H]2O)[C@@H]1O)c1ccc2ccccc2c1. The third-order valence-electron chi connectivity index (χ3n) is 8.37. The zero-order valence-corrected chi connectivity index (χ0v) is 25.6.